The van der Waals surface area contributed by atoms with Gasteiger partial charge in [-0.3, -0.25) is 14.2 Å². The topological polar surface area (TPSA) is 79.0 Å². The van der Waals surface area contributed by atoms with Crippen molar-refractivity contribution in [1.29, 1.82) is 5.26 Å². The Morgan fingerprint density at radius 3 is 2.69 bits per heavy atom. The second-order valence-electron chi connectivity index (χ2n) is 7.39. The monoisotopic (exact) mass is 472 g/mol. The van der Waals surface area contributed by atoms with E-state index in [4.69, 9.17) is 10.2 Å². The Labute approximate surface area is 194 Å². The third kappa shape index (κ3) is 5.19. The normalized spacial score (nSPS) is 11.0. The number of halogens is 1. The molecule has 0 atom stereocenters. The zero-order chi connectivity index (χ0) is 23.3. The van der Waals surface area contributed by atoms with Crippen molar-refractivity contribution < 1.29 is 9.18 Å². The van der Waals surface area contributed by atoms with Crippen LogP contribution < -0.4 is 10.5 Å². The van der Waals surface area contributed by atoms with Crippen LogP contribution in [0, 0.1) is 31.0 Å². The Bertz CT molecular complexity index is 1210. The number of nitriles is 1. The molecule has 0 aliphatic heterocycles. The lowest BCUT2D eigenvalue weighted by atomic mass is 10.2. The predicted octanol–water partition coefficient (Wildman–Crippen LogP) is 5.05. The fourth-order valence-corrected chi connectivity index (χ4v) is 5.29. The smallest absolute Gasteiger partial charge is 0.263 e. The number of rotatable bonds is 9. The van der Waals surface area contributed by atoms with Crippen LogP contribution in [0.4, 0.5) is 10.1 Å². The SMILES string of the molecule is CCCCn1c(SCC(=O)N(CCC#N)c2ccc(F)cc2)nc2sc(C)c(C)c2c1=O. The predicted molar refractivity (Wildman–Crippen MR) is 128 cm³/mol. The molecule has 0 spiro atoms. The van der Waals surface area contributed by atoms with Gasteiger partial charge in [0.2, 0.25) is 5.91 Å². The number of amides is 1. The molecule has 0 saturated carbocycles. The first-order chi connectivity index (χ1) is 15.4. The molecule has 0 unspecified atom stereocenters. The van der Waals surface area contributed by atoms with E-state index < -0.39 is 5.82 Å². The summed E-state index contributed by atoms with van der Waals surface area (Å²) in [6.07, 6.45) is 1.93. The van der Waals surface area contributed by atoms with Gasteiger partial charge >= 0.3 is 0 Å². The highest BCUT2D eigenvalue weighted by atomic mass is 32.2. The Morgan fingerprint density at radius 2 is 2.03 bits per heavy atom. The summed E-state index contributed by atoms with van der Waals surface area (Å²) in [5.74, 6) is -0.572. The summed E-state index contributed by atoms with van der Waals surface area (Å²) in [5.41, 5.74) is 1.42. The quantitative estimate of drug-likeness (QED) is 0.322. The van der Waals surface area contributed by atoms with Gasteiger partial charge in [-0.1, -0.05) is 25.1 Å². The summed E-state index contributed by atoms with van der Waals surface area (Å²) >= 11 is 2.70. The van der Waals surface area contributed by atoms with Crippen molar-refractivity contribution in [2.24, 2.45) is 0 Å². The second-order valence-corrected chi connectivity index (χ2v) is 9.53. The van der Waals surface area contributed by atoms with Gasteiger partial charge < -0.3 is 4.90 Å². The molecule has 0 saturated heterocycles. The molecular formula is C23H25FN4O2S2. The molecule has 6 nitrogen and oxygen atoms in total. The van der Waals surface area contributed by atoms with Gasteiger partial charge in [0, 0.05) is 23.7 Å². The molecule has 2 aromatic heterocycles. The van der Waals surface area contributed by atoms with Crippen molar-refractivity contribution in [3.63, 3.8) is 0 Å². The van der Waals surface area contributed by atoms with Gasteiger partial charge in [-0.2, -0.15) is 5.26 Å². The van der Waals surface area contributed by atoms with Crippen LogP contribution in [0.15, 0.2) is 34.2 Å². The van der Waals surface area contributed by atoms with Gasteiger partial charge in [-0.15, -0.1) is 11.3 Å². The summed E-state index contributed by atoms with van der Waals surface area (Å²) in [6.45, 7) is 6.72. The van der Waals surface area contributed by atoms with Gasteiger partial charge in [0.25, 0.3) is 5.56 Å². The lowest BCUT2D eigenvalue weighted by Crippen LogP contribution is -2.33. The standard InChI is InChI=1S/C23H25FN4O2S2/c1-4-5-12-28-22(30)20-15(2)16(3)32-21(20)26-23(28)31-14-19(29)27(13-6-11-25)18-9-7-17(24)8-10-18/h7-10H,4-6,12-14H2,1-3H3. The highest BCUT2D eigenvalue weighted by Gasteiger charge is 2.20. The summed E-state index contributed by atoms with van der Waals surface area (Å²) in [6, 6.07) is 7.66. The molecule has 2 heterocycles. The Kier molecular flexibility index (Phi) is 8.04. The van der Waals surface area contributed by atoms with Gasteiger partial charge in [0.15, 0.2) is 5.16 Å². The number of carbonyl (C=O) groups excluding carboxylic acids is 1. The van der Waals surface area contributed by atoms with Crippen LogP contribution in [0.1, 0.15) is 36.6 Å². The zero-order valence-corrected chi connectivity index (χ0v) is 20.0. The Hall–Kier alpha value is -2.70. The number of aryl methyl sites for hydroxylation is 2. The number of carbonyl (C=O) groups is 1. The fourth-order valence-electron chi connectivity index (χ4n) is 3.32. The first-order valence-electron chi connectivity index (χ1n) is 10.4. The van der Waals surface area contributed by atoms with Crippen LogP contribution in [0.2, 0.25) is 0 Å². The molecule has 0 fully saturated rings. The van der Waals surface area contributed by atoms with E-state index in [2.05, 4.69) is 6.92 Å². The van der Waals surface area contributed by atoms with E-state index in [0.29, 0.717) is 27.6 Å². The summed E-state index contributed by atoms with van der Waals surface area (Å²) in [4.78, 5) is 34.2. The molecule has 1 aromatic carbocycles. The van der Waals surface area contributed by atoms with Crippen molar-refractivity contribution in [1.82, 2.24) is 9.55 Å². The maximum absolute atomic E-state index is 13.3. The number of fused-ring (bicyclic) bond motifs is 1. The highest BCUT2D eigenvalue weighted by molar-refractivity contribution is 7.99. The number of thioether (sulfide) groups is 1. The number of benzene rings is 1. The van der Waals surface area contributed by atoms with Crippen molar-refractivity contribution in [3.8, 4) is 6.07 Å². The van der Waals surface area contributed by atoms with E-state index in [0.717, 1.165) is 23.3 Å². The molecule has 32 heavy (non-hydrogen) atoms. The van der Waals surface area contributed by atoms with E-state index in [1.165, 1.54) is 52.3 Å². The minimum absolute atomic E-state index is 0.0518. The minimum atomic E-state index is -0.394. The zero-order valence-electron chi connectivity index (χ0n) is 18.4. The molecule has 0 N–H and O–H groups in total. The maximum Gasteiger partial charge on any atom is 0.263 e. The largest absolute Gasteiger partial charge is 0.311 e. The van der Waals surface area contributed by atoms with Crippen molar-refractivity contribution in [3.05, 3.63) is 50.9 Å². The maximum atomic E-state index is 13.3. The van der Waals surface area contributed by atoms with Crippen LogP contribution in [0.5, 0.6) is 0 Å². The Morgan fingerprint density at radius 1 is 1.31 bits per heavy atom. The first-order valence-corrected chi connectivity index (χ1v) is 12.2. The Balaban J connectivity index is 1.90. The number of hydrogen-bond acceptors (Lipinski definition) is 6. The number of unbranched alkanes of at least 4 members (excludes halogenated alkanes) is 1. The molecule has 168 valence electrons. The van der Waals surface area contributed by atoms with Gasteiger partial charge in [-0.25, -0.2) is 9.37 Å². The average molecular weight is 473 g/mol. The highest BCUT2D eigenvalue weighted by Crippen LogP contribution is 2.29. The fraction of sp³-hybridized carbons (Fsp3) is 0.391. The molecule has 0 aliphatic rings. The van der Waals surface area contributed by atoms with E-state index in [1.54, 1.807) is 4.57 Å². The average Bonchev–Trinajstić information content (AvgIpc) is 3.06. The molecule has 1 amide bonds. The van der Waals surface area contributed by atoms with E-state index >= 15 is 0 Å². The second kappa shape index (κ2) is 10.7. The number of thiophene rings is 1. The van der Waals surface area contributed by atoms with Crippen molar-refractivity contribution >= 4 is 44.9 Å². The van der Waals surface area contributed by atoms with E-state index in [-0.39, 0.29) is 30.2 Å². The molecule has 3 aromatic rings. The van der Waals surface area contributed by atoms with Crippen LogP contribution in [-0.2, 0) is 11.3 Å². The number of nitrogens with zero attached hydrogens (tertiary/aromatic N) is 4. The first kappa shape index (κ1) is 24.0. The van der Waals surface area contributed by atoms with Crippen LogP contribution >= 0.6 is 23.1 Å². The van der Waals surface area contributed by atoms with E-state index in [9.17, 15) is 14.0 Å². The summed E-state index contributed by atoms with van der Waals surface area (Å²) in [7, 11) is 0. The number of hydrogen-bond donors (Lipinski definition) is 0. The number of aromatic nitrogens is 2. The van der Waals surface area contributed by atoms with E-state index in [1.807, 2.05) is 19.9 Å². The molecular weight excluding hydrogens is 447 g/mol. The van der Waals surface area contributed by atoms with Crippen molar-refractivity contribution in [2.45, 2.75) is 51.7 Å². The van der Waals surface area contributed by atoms with Gasteiger partial charge in [0.05, 0.1) is 23.6 Å². The van der Waals surface area contributed by atoms with Gasteiger partial charge in [-0.05, 0) is 50.1 Å². The molecule has 0 radical (unpaired) electrons. The molecule has 9 heteroatoms. The third-order valence-electron chi connectivity index (χ3n) is 5.20. The molecule has 3 rings (SSSR count). The van der Waals surface area contributed by atoms with Crippen LogP contribution in [-0.4, -0.2) is 27.8 Å². The third-order valence-corrected chi connectivity index (χ3v) is 7.26. The molecule has 0 bridgehead atoms. The van der Waals surface area contributed by atoms with Crippen molar-refractivity contribution in [2.75, 3.05) is 17.2 Å². The summed E-state index contributed by atoms with van der Waals surface area (Å²) < 4.78 is 15.0. The lowest BCUT2D eigenvalue weighted by molar-refractivity contribution is -0.116. The van der Waals surface area contributed by atoms with Gasteiger partial charge in [0.1, 0.15) is 10.6 Å². The number of anilines is 1. The van der Waals surface area contributed by atoms with Crippen LogP contribution in [0.3, 0.4) is 0 Å². The van der Waals surface area contributed by atoms with Crippen LogP contribution in [0.25, 0.3) is 10.2 Å². The molecule has 0 aliphatic carbocycles. The lowest BCUT2D eigenvalue weighted by Gasteiger charge is -2.22. The summed E-state index contributed by atoms with van der Waals surface area (Å²) in [5, 5.41) is 10.1. The minimum Gasteiger partial charge on any atom is -0.311 e.